The highest BCUT2D eigenvalue weighted by atomic mass is 35.5. The fraction of sp³-hybridized carbons (Fsp3) is 0.364. The molecular weight excluding hydrogens is 390 g/mol. The summed E-state index contributed by atoms with van der Waals surface area (Å²) in [5.74, 6) is -0.0451. The quantitative estimate of drug-likeness (QED) is 0.705. The van der Waals surface area contributed by atoms with E-state index in [2.05, 4.69) is 28.9 Å². The topological polar surface area (TPSA) is 53.1 Å². The molecule has 0 aromatic heterocycles. The van der Waals surface area contributed by atoms with Crippen LogP contribution in [0, 0.1) is 6.92 Å². The molecule has 29 heavy (non-hydrogen) atoms. The molecule has 4 rings (SSSR count). The third-order valence-electron chi connectivity index (χ3n) is 5.57. The molecule has 7 heteroatoms. The normalized spacial score (nSPS) is 17.7. The lowest BCUT2D eigenvalue weighted by atomic mass is 10.1. The first-order valence-electron chi connectivity index (χ1n) is 9.70. The summed E-state index contributed by atoms with van der Waals surface area (Å²) in [6.45, 7) is 6.77. The van der Waals surface area contributed by atoms with E-state index in [9.17, 15) is 9.59 Å². The van der Waals surface area contributed by atoms with E-state index in [-0.39, 0.29) is 0 Å². The number of rotatable bonds is 5. The van der Waals surface area contributed by atoms with Crippen molar-refractivity contribution in [2.45, 2.75) is 13.5 Å². The highest BCUT2D eigenvalue weighted by molar-refractivity contribution is 6.52. The van der Waals surface area contributed by atoms with Crippen molar-refractivity contribution in [2.75, 3.05) is 44.9 Å². The van der Waals surface area contributed by atoms with Gasteiger partial charge in [-0.05, 0) is 31.2 Å². The van der Waals surface area contributed by atoms with Crippen molar-refractivity contribution in [3.63, 3.8) is 0 Å². The summed E-state index contributed by atoms with van der Waals surface area (Å²) in [5, 5.41) is 0.465. The van der Waals surface area contributed by atoms with Crippen molar-refractivity contribution in [3.05, 3.63) is 58.1 Å². The number of hydrogen-bond acceptors (Lipinski definition) is 5. The van der Waals surface area contributed by atoms with Gasteiger partial charge >= 0.3 is 5.91 Å². The zero-order valence-electron chi connectivity index (χ0n) is 16.7. The predicted molar refractivity (Wildman–Crippen MR) is 113 cm³/mol. The zero-order chi connectivity index (χ0) is 20.5. The zero-order valence-corrected chi connectivity index (χ0v) is 17.4. The van der Waals surface area contributed by atoms with Gasteiger partial charge in [-0.25, -0.2) is 0 Å². The maximum atomic E-state index is 12.4. The number of methoxy groups -OCH3 is 1. The monoisotopic (exact) mass is 413 g/mol. The summed E-state index contributed by atoms with van der Waals surface area (Å²) in [6.07, 6.45) is 0. The van der Waals surface area contributed by atoms with E-state index in [0.717, 1.165) is 38.5 Å². The van der Waals surface area contributed by atoms with Gasteiger partial charge in [0.1, 0.15) is 5.75 Å². The van der Waals surface area contributed by atoms with Crippen LogP contribution in [-0.4, -0.2) is 61.4 Å². The molecule has 1 amide bonds. The Bertz CT molecular complexity index is 954. The van der Waals surface area contributed by atoms with Gasteiger partial charge in [-0.3, -0.25) is 24.3 Å². The van der Waals surface area contributed by atoms with Crippen molar-refractivity contribution in [1.29, 1.82) is 0 Å². The number of piperazine rings is 1. The lowest BCUT2D eigenvalue weighted by Gasteiger charge is -2.36. The molecule has 0 bridgehead atoms. The second-order valence-electron chi connectivity index (χ2n) is 7.57. The summed E-state index contributed by atoms with van der Waals surface area (Å²) in [6, 6.07) is 11.3. The van der Waals surface area contributed by atoms with Gasteiger partial charge in [-0.1, -0.05) is 29.3 Å². The van der Waals surface area contributed by atoms with Crippen LogP contribution in [0.15, 0.2) is 36.4 Å². The van der Waals surface area contributed by atoms with Crippen LogP contribution in [0.4, 0.5) is 5.69 Å². The Morgan fingerprint density at radius 3 is 2.45 bits per heavy atom. The smallest absolute Gasteiger partial charge is 0.300 e. The first-order valence-corrected chi connectivity index (χ1v) is 10.1. The van der Waals surface area contributed by atoms with Gasteiger partial charge in [-0.15, -0.1) is 0 Å². The minimum absolute atomic E-state index is 0.396. The van der Waals surface area contributed by atoms with E-state index in [1.165, 1.54) is 11.1 Å². The molecule has 2 aromatic rings. The lowest BCUT2D eigenvalue weighted by Crippen LogP contribution is -2.50. The van der Waals surface area contributed by atoms with Crippen molar-refractivity contribution in [1.82, 2.24) is 9.80 Å². The van der Waals surface area contributed by atoms with E-state index in [4.69, 9.17) is 16.3 Å². The molecule has 0 atom stereocenters. The third kappa shape index (κ3) is 4.01. The number of hydrogen-bond donors (Lipinski definition) is 0. The second kappa shape index (κ2) is 8.14. The van der Waals surface area contributed by atoms with Gasteiger partial charge < -0.3 is 4.74 Å². The number of nitrogens with zero attached hydrogens (tertiary/aromatic N) is 3. The average molecular weight is 414 g/mol. The predicted octanol–water partition coefficient (Wildman–Crippen LogP) is 2.96. The van der Waals surface area contributed by atoms with Gasteiger partial charge in [0.25, 0.3) is 5.78 Å². The Morgan fingerprint density at radius 1 is 1.00 bits per heavy atom. The Hall–Kier alpha value is -2.41. The maximum Gasteiger partial charge on any atom is 0.300 e. The molecule has 2 aliphatic rings. The summed E-state index contributed by atoms with van der Waals surface area (Å²) < 4.78 is 5.49. The molecule has 152 valence electrons. The SMILES string of the molecule is COc1ccc(C)cc1CN1CCN(CN2C(=O)C(=O)c3cc(Cl)ccc32)CC1. The summed E-state index contributed by atoms with van der Waals surface area (Å²) in [5.41, 5.74) is 3.45. The van der Waals surface area contributed by atoms with Gasteiger partial charge in [0.15, 0.2) is 0 Å². The number of carbonyl (C=O) groups is 2. The van der Waals surface area contributed by atoms with Crippen LogP contribution >= 0.6 is 11.6 Å². The number of Topliss-reactive ketones (excluding diaryl/α,β-unsaturated/α-hetero) is 1. The molecular formula is C22H24ClN3O3. The van der Waals surface area contributed by atoms with Gasteiger partial charge in [0.05, 0.1) is 25.0 Å². The van der Waals surface area contributed by atoms with Gasteiger partial charge in [0, 0.05) is 43.3 Å². The van der Waals surface area contributed by atoms with Crippen molar-refractivity contribution >= 4 is 29.0 Å². The van der Waals surface area contributed by atoms with E-state index < -0.39 is 11.7 Å². The van der Waals surface area contributed by atoms with E-state index >= 15 is 0 Å². The molecule has 6 nitrogen and oxygen atoms in total. The molecule has 0 unspecified atom stereocenters. The van der Waals surface area contributed by atoms with E-state index in [0.29, 0.717) is 22.9 Å². The largest absolute Gasteiger partial charge is 0.496 e. The molecule has 2 aromatic carbocycles. The van der Waals surface area contributed by atoms with Crippen LogP contribution in [0.5, 0.6) is 5.75 Å². The maximum absolute atomic E-state index is 12.4. The minimum atomic E-state index is -0.479. The first kappa shape index (κ1) is 19.9. The number of carbonyl (C=O) groups excluding carboxylic acids is 2. The number of ketones is 1. The number of fused-ring (bicyclic) bond motifs is 1. The average Bonchev–Trinajstić information content (AvgIpc) is 2.94. The molecule has 2 heterocycles. The van der Waals surface area contributed by atoms with Gasteiger partial charge in [0.2, 0.25) is 0 Å². The summed E-state index contributed by atoms with van der Waals surface area (Å²) in [7, 11) is 1.70. The molecule has 1 fully saturated rings. The Labute approximate surface area is 175 Å². The van der Waals surface area contributed by atoms with Gasteiger partial charge in [-0.2, -0.15) is 0 Å². The number of benzene rings is 2. The fourth-order valence-electron chi connectivity index (χ4n) is 3.97. The van der Waals surface area contributed by atoms with Crippen molar-refractivity contribution < 1.29 is 14.3 Å². The first-order chi connectivity index (χ1) is 14.0. The van der Waals surface area contributed by atoms with E-state index in [1.807, 2.05) is 6.07 Å². The third-order valence-corrected chi connectivity index (χ3v) is 5.80. The molecule has 1 saturated heterocycles. The molecule has 0 N–H and O–H groups in total. The highest BCUT2D eigenvalue weighted by Gasteiger charge is 2.37. The molecule has 0 radical (unpaired) electrons. The Morgan fingerprint density at radius 2 is 1.72 bits per heavy atom. The summed E-state index contributed by atoms with van der Waals surface area (Å²) >= 11 is 5.98. The fourth-order valence-corrected chi connectivity index (χ4v) is 4.15. The number of anilines is 1. The molecule has 0 aliphatic carbocycles. The molecule has 0 spiro atoms. The van der Waals surface area contributed by atoms with Crippen LogP contribution in [0.1, 0.15) is 21.5 Å². The second-order valence-corrected chi connectivity index (χ2v) is 8.01. The van der Waals surface area contributed by atoms with Crippen LogP contribution in [0.25, 0.3) is 0 Å². The standard InChI is InChI=1S/C22H24ClN3O3/c1-15-3-6-20(29-2)16(11-15)13-24-7-9-25(10-8-24)14-26-19-5-4-17(23)12-18(19)21(27)22(26)28/h3-6,11-12H,7-10,13-14H2,1-2H3. The highest BCUT2D eigenvalue weighted by Crippen LogP contribution is 2.31. The van der Waals surface area contributed by atoms with Crippen LogP contribution in [0.2, 0.25) is 5.02 Å². The van der Waals surface area contributed by atoms with Crippen molar-refractivity contribution in [3.8, 4) is 5.75 Å². The van der Waals surface area contributed by atoms with E-state index in [1.54, 1.807) is 30.2 Å². The number of halogens is 1. The Kier molecular flexibility index (Phi) is 5.58. The lowest BCUT2D eigenvalue weighted by molar-refractivity contribution is -0.114. The number of amides is 1. The van der Waals surface area contributed by atoms with Crippen molar-refractivity contribution in [2.24, 2.45) is 0 Å². The van der Waals surface area contributed by atoms with Crippen LogP contribution in [0.3, 0.4) is 0 Å². The molecule has 2 aliphatic heterocycles. The number of ether oxygens (including phenoxy) is 1. The van der Waals surface area contributed by atoms with Crippen LogP contribution in [-0.2, 0) is 11.3 Å². The Balaban J connectivity index is 1.38. The minimum Gasteiger partial charge on any atom is -0.496 e. The number of aryl methyl sites for hydroxylation is 1. The van der Waals surface area contributed by atoms with Crippen LogP contribution < -0.4 is 9.64 Å². The molecule has 0 saturated carbocycles. The summed E-state index contributed by atoms with van der Waals surface area (Å²) in [4.78, 5) is 30.9.